The third kappa shape index (κ3) is 3.52. The lowest BCUT2D eigenvalue weighted by Gasteiger charge is -2.04. The first kappa shape index (κ1) is 14.3. The lowest BCUT2D eigenvalue weighted by atomic mass is 10.1. The van der Waals surface area contributed by atoms with Crippen LogP contribution in [0.4, 0.5) is 4.39 Å². The molecule has 2 aromatic carbocycles. The van der Waals surface area contributed by atoms with Crippen LogP contribution in [0, 0.1) is 5.82 Å². The number of rotatable bonds is 5. The molecule has 112 valence electrons. The van der Waals surface area contributed by atoms with Crippen molar-refractivity contribution in [3.05, 3.63) is 71.7 Å². The SMILES string of the molecule is O=C(Cc1ccc(F)cc1)NCCc1cc2ccccc2o1. The molecule has 22 heavy (non-hydrogen) atoms. The maximum Gasteiger partial charge on any atom is 0.224 e. The van der Waals surface area contributed by atoms with Crippen molar-refractivity contribution in [1.29, 1.82) is 0 Å². The zero-order chi connectivity index (χ0) is 15.4. The molecule has 0 atom stereocenters. The summed E-state index contributed by atoms with van der Waals surface area (Å²) >= 11 is 0. The summed E-state index contributed by atoms with van der Waals surface area (Å²) in [7, 11) is 0. The largest absolute Gasteiger partial charge is 0.461 e. The van der Waals surface area contributed by atoms with Crippen LogP contribution in [0.1, 0.15) is 11.3 Å². The molecule has 0 aliphatic carbocycles. The average molecular weight is 297 g/mol. The Kier molecular flexibility index (Phi) is 4.19. The predicted octanol–water partition coefficient (Wildman–Crippen LogP) is 3.47. The van der Waals surface area contributed by atoms with Crippen molar-refractivity contribution in [3.63, 3.8) is 0 Å². The monoisotopic (exact) mass is 297 g/mol. The molecule has 1 aromatic heterocycles. The first-order chi connectivity index (χ1) is 10.7. The topological polar surface area (TPSA) is 42.2 Å². The van der Waals surface area contributed by atoms with Crippen molar-refractivity contribution < 1.29 is 13.6 Å². The summed E-state index contributed by atoms with van der Waals surface area (Å²) in [5.41, 5.74) is 1.65. The molecule has 3 aromatic rings. The van der Waals surface area contributed by atoms with Gasteiger partial charge in [0.15, 0.2) is 0 Å². The number of carbonyl (C=O) groups excluding carboxylic acids is 1. The summed E-state index contributed by atoms with van der Waals surface area (Å²) in [6.07, 6.45) is 0.893. The molecule has 1 amide bonds. The third-order valence-corrected chi connectivity index (χ3v) is 3.45. The van der Waals surface area contributed by atoms with Crippen LogP contribution in [-0.4, -0.2) is 12.5 Å². The van der Waals surface area contributed by atoms with Gasteiger partial charge in [-0.1, -0.05) is 30.3 Å². The van der Waals surface area contributed by atoms with Crippen molar-refractivity contribution in [1.82, 2.24) is 5.32 Å². The second-order valence-corrected chi connectivity index (χ2v) is 5.15. The van der Waals surface area contributed by atoms with Gasteiger partial charge in [-0.3, -0.25) is 4.79 Å². The van der Waals surface area contributed by atoms with Crippen LogP contribution in [0.2, 0.25) is 0 Å². The van der Waals surface area contributed by atoms with E-state index in [9.17, 15) is 9.18 Å². The Hall–Kier alpha value is -2.62. The fraction of sp³-hybridized carbons (Fsp3) is 0.167. The predicted molar refractivity (Wildman–Crippen MR) is 83.0 cm³/mol. The van der Waals surface area contributed by atoms with Crippen LogP contribution in [0.5, 0.6) is 0 Å². The van der Waals surface area contributed by atoms with E-state index in [4.69, 9.17) is 4.42 Å². The van der Waals surface area contributed by atoms with Gasteiger partial charge in [0, 0.05) is 18.4 Å². The van der Waals surface area contributed by atoms with E-state index < -0.39 is 0 Å². The Morgan fingerprint density at radius 3 is 2.64 bits per heavy atom. The van der Waals surface area contributed by atoms with Crippen LogP contribution in [0.25, 0.3) is 11.0 Å². The summed E-state index contributed by atoms with van der Waals surface area (Å²) in [4.78, 5) is 11.8. The molecular weight excluding hydrogens is 281 g/mol. The normalized spacial score (nSPS) is 10.8. The molecular formula is C18H16FNO2. The highest BCUT2D eigenvalue weighted by Gasteiger charge is 2.06. The maximum absolute atomic E-state index is 12.8. The number of para-hydroxylation sites is 1. The van der Waals surface area contributed by atoms with Crippen LogP contribution in [0.15, 0.2) is 59.0 Å². The van der Waals surface area contributed by atoms with Gasteiger partial charge in [-0.2, -0.15) is 0 Å². The van der Waals surface area contributed by atoms with Crippen LogP contribution in [-0.2, 0) is 17.6 Å². The van der Waals surface area contributed by atoms with Crippen molar-refractivity contribution in [2.45, 2.75) is 12.8 Å². The van der Waals surface area contributed by atoms with E-state index in [-0.39, 0.29) is 18.1 Å². The van der Waals surface area contributed by atoms with Gasteiger partial charge in [-0.25, -0.2) is 4.39 Å². The van der Waals surface area contributed by atoms with Gasteiger partial charge in [-0.05, 0) is 29.8 Å². The Labute approximate surface area is 127 Å². The fourth-order valence-corrected chi connectivity index (χ4v) is 2.34. The standard InChI is InChI=1S/C18H16FNO2/c19-15-7-5-13(6-8-15)11-18(21)20-10-9-16-12-14-3-1-2-4-17(14)22-16/h1-8,12H,9-11H2,(H,20,21). The highest BCUT2D eigenvalue weighted by atomic mass is 19.1. The summed E-state index contributed by atoms with van der Waals surface area (Å²) in [5, 5.41) is 3.91. The van der Waals surface area contributed by atoms with E-state index in [1.807, 2.05) is 30.3 Å². The molecule has 0 bridgehead atoms. The van der Waals surface area contributed by atoms with E-state index in [0.29, 0.717) is 13.0 Å². The Morgan fingerprint density at radius 1 is 1.09 bits per heavy atom. The third-order valence-electron chi connectivity index (χ3n) is 3.45. The number of nitrogens with one attached hydrogen (secondary N) is 1. The zero-order valence-corrected chi connectivity index (χ0v) is 12.0. The second kappa shape index (κ2) is 6.43. The quantitative estimate of drug-likeness (QED) is 0.783. The Morgan fingerprint density at radius 2 is 1.86 bits per heavy atom. The number of fused-ring (bicyclic) bond motifs is 1. The number of hydrogen-bond acceptors (Lipinski definition) is 2. The molecule has 0 radical (unpaired) electrons. The van der Waals surface area contributed by atoms with Crippen molar-refractivity contribution in [3.8, 4) is 0 Å². The van der Waals surface area contributed by atoms with E-state index in [0.717, 1.165) is 22.3 Å². The molecule has 0 aliphatic heterocycles. The number of halogens is 1. The summed E-state index contributed by atoms with van der Waals surface area (Å²) in [6.45, 7) is 0.514. The lowest BCUT2D eigenvalue weighted by Crippen LogP contribution is -2.27. The van der Waals surface area contributed by atoms with Gasteiger partial charge in [0.1, 0.15) is 17.2 Å². The average Bonchev–Trinajstić information content (AvgIpc) is 2.92. The molecule has 1 N–H and O–H groups in total. The smallest absolute Gasteiger partial charge is 0.224 e. The van der Waals surface area contributed by atoms with E-state index in [1.54, 1.807) is 12.1 Å². The van der Waals surface area contributed by atoms with Gasteiger partial charge < -0.3 is 9.73 Å². The zero-order valence-electron chi connectivity index (χ0n) is 12.0. The van der Waals surface area contributed by atoms with Crippen molar-refractivity contribution >= 4 is 16.9 Å². The number of carbonyl (C=O) groups is 1. The van der Waals surface area contributed by atoms with E-state index in [2.05, 4.69) is 5.32 Å². The van der Waals surface area contributed by atoms with E-state index >= 15 is 0 Å². The molecule has 0 unspecified atom stereocenters. The first-order valence-corrected chi connectivity index (χ1v) is 7.19. The van der Waals surface area contributed by atoms with Gasteiger partial charge in [-0.15, -0.1) is 0 Å². The highest BCUT2D eigenvalue weighted by Crippen LogP contribution is 2.18. The number of amides is 1. The first-order valence-electron chi connectivity index (χ1n) is 7.19. The summed E-state index contributed by atoms with van der Waals surface area (Å²) in [6, 6.07) is 15.8. The van der Waals surface area contributed by atoms with Gasteiger partial charge >= 0.3 is 0 Å². The lowest BCUT2D eigenvalue weighted by molar-refractivity contribution is -0.120. The van der Waals surface area contributed by atoms with E-state index in [1.165, 1.54) is 12.1 Å². The van der Waals surface area contributed by atoms with Gasteiger partial charge in [0.2, 0.25) is 5.91 Å². The molecule has 1 heterocycles. The number of hydrogen-bond donors (Lipinski definition) is 1. The minimum atomic E-state index is -0.297. The van der Waals surface area contributed by atoms with Crippen LogP contribution < -0.4 is 5.32 Å². The summed E-state index contributed by atoms with van der Waals surface area (Å²) < 4.78 is 18.5. The van der Waals surface area contributed by atoms with Gasteiger partial charge in [0.25, 0.3) is 0 Å². The molecule has 0 spiro atoms. The molecule has 0 fully saturated rings. The maximum atomic E-state index is 12.8. The molecule has 3 rings (SSSR count). The van der Waals surface area contributed by atoms with Gasteiger partial charge in [0.05, 0.1) is 6.42 Å². The molecule has 0 saturated carbocycles. The Bertz CT molecular complexity index is 744. The molecule has 0 saturated heterocycles. The fourth-order valence-electron chi connectivity index (χ4n) is 2.34. The number of benzene rings is 2. The Balaban J connectivity index is 1.49. The molecule has 4 heteroatoms. The molecule has 0 aliphatic rings. The number of furan rings is 1. The highest BCUT2D eigenvalue weighted by molar-refractivity contribution is 5.79. The summed E-state index contributed by atoms with van der Waals surface area (Å²) in [5.74, 6) is 0.472. The van der Waals surface area contributed by atoms with Crippen molar-refractivity contribution in [2.24, 2.45) is 0 Å². The minimum absolute atomic E-state index is 0.0808. The van der Waals surface area contributed by atoms with Crippen LogP contribution >= 0.6 is 0 Å². The molecule has 3 nitrogen and oxygen atoms in total. The minimum Gasteiger partial charge on any atom is -0.461 e. The second-order valence-electron chi connectivity index (χ2n) is 5.15. The van der Waals surface area contributed by atoms with Crippen molar-refractivity contribution in [2.75, 3.05) is 6.54 Å². The van der Waals surface area contributed by atoms with Crippen LogP contribution in [0.3, 0.4) is 0 Å².